The van der Waals surface area contributed by atoms with Gasteiger partial charge in [-0.2, -0.15) is 0 Å². The van der Waals surface area contributed by atoms with Crippen LogP contribution in [-0.4, -0.2) is 9.55 Å². The molecule has 0 atom stereocenters. The molecule has 0 spiro atoms. The Bertz CT molecular complexity index is 1460. The molecule has 0 amide bonds. The number of fused-ring (bicyclic) bond motifs is 3. The van der Waals surface area contributed by atoms with Crippen molar-refractivity contribution in [2.24, 2.45) is 0 Å². The molecule has 4 aromatic rings. The summed E-state index contributed by atoms with van der Waals surface area (Å²) < 4.78 is 2.37. The number of benzene rings is 2. The van der Waals surface area contributed by atoms with E-state index in [-0.39, 0.29) is 0 Å². The average molecular weight is 429 g/mol. The van der Waals surface area contributed by atoms with Crippen LogP contribution in [0.1, 0.15) is 26.7 Å². The van der Waals surface area contributed by atoms with Gasteiger partial charge in [0.25, 0.3) is 0 Å². The van der Waals surface area contributed by atoms with E-state index in [4.69, 9.17) is 0 Å². The van der Waals surface area contributed by atoms with Gasteiger partial charge in [0.05, 0.1) is 11.0 Å². The summed E-state index contributed by atoms with van der Waals surface area (Å²) in [5.74, 6) is 0. The summed E-state index contributed by atoms with van der Waals surface area (Å²) in [5.41, 5.74) is 8.56. The Hall–Kier alpha value is -3.91. The molecule has 0 saturated carbocycles. The van der Waals surface area contributed by atoms with Crippen LogP contribution in [0.25, 0.3) is 38.6 Å². The smallest absolute Gasteiger partial charge is 0.0571 e. The minimum absolute atomic E-state index is 0.892. The van der Waals surface area contributed by atoms with Crippen LogP contribution >= 0.6 is 0 Å². The molecule has 2 heterocycles. The molecule has 2 nitrogen and oxygen atoms in total. The van der Waals surface area contributed by atoms with Crippen molar-refractivity contribution in [1.82, 2.24) is 9.55 Å². The molecule has 2 aromatic carbocycles. The second-order valence-corrected chi connectivity index (χ2v) is 8.24. The first-order valence-corrected chi connectivity index (χ1v) is 11.7. The molecule has 0 aliphatic heterocycles. The topological polar surface area (TPSA) is 17.8 Å². The number of aromatic nitrogens is 2. The minimum atomic E-state index is 0.892. The third-order valence-electron chi connectivity index (χ3n) is 6.21. The second-order valence-electron chi connectivity index (χ2n) is 8.24. The van der Waals surface area contributed by atoms with Crippen molar-refractivity contribution >= 4 is 27.5 Å². The summed E-state index contributed by atoms with van der Waals surface area (Å²) in [6.07, 6.45) is 21.5. The average Bonchev–Trinajstić information content (AvgIpc) is 3.00. The molecule has 0 unspecified atom stereocenters. The monoisotopic (exact) mass is 428 g/mol. The van der Waals surface area contributed by atoms with Gasteiger partial charge in [-0.1, -0.05) is 79.8 Å². The van der Waals surface area contributed by atoms with Crippen molar-refractivity contribution in [2.45, 2.75) is 26.7 Å². The fraction of sp³-hybridized carbons (Fsp3) is 0.129. The summed E-state index contributed by atoms with van der Waals surface area (Å²) in [6.45, 7) is 4.27. The number of nitrogens with zero attached hydrogens (tertiary/aromatic N) is 2. The molecular formula is C31H28N2. The Morgan fingerprint density at radius 3 is 2.61 bits per heavy atom. The van der Waals surface area contributed by atoms with E-state index in [0.717, 1.165) is 12.8 Å². The van der Waals surface area contributed by atoms with E-state index in [9.17, 15) is 0 Å². The van der Waals surface area contributed by atoms with Gasteiger partial charge in [0.15, 0.2) is 0 Å². The lowest BCUT2D eigenvalue weighted by Crippen LogP contribution is -1.94. The lowest BCUT2D eigenvalue weighted by Gasteiger charge is -2.09. The Morgan fingerprint density at radius 2 is 1.79 bits per heavy atom. The van der Waals surface area contributed by atoms with Gasteiger partial charge in [-0.3, -0.25) is 4.98 Å². The Kier molecular flexibility index (Phi) is 5.91. The highest BCUT2D eigenvalue weighted by Crippen LogP contribution is 2.35. The van der Waals surface area contributed by atoms with Gasteiger partial charge in [-0.15, -0.1) is 0 Å². The number of hydrogen-bond acceptors (Lipinski definition) is 1. The first-order chi connectivity index (χ1) is 16.3. The fourth-order valence-electron chi connectivity index (χ4n) is 4.56. The molecule has 0 radical (unpaired) electrons. The number of allylic oxidation sites excluding steroid dienone is 10. The van der Waals surface area contributed by atoms with Crippen molar-refractivity contribution < 1.29 is 0 Å². The lowest BCUT2D eigenvalue weighted by molar-refractivity contribution is 1.21. The van der Waals surface area contributed by atoms with Crippen LogP contribution in [0.5, 0.6) is 0 Å². The van der Waals surface area contributed by atoms with Crippen LogP contribution < -0.4 is 0 Å². The lowest BCUT2D eigenvalue weighted by atomic mass is 10.0. The van der Waals surface area contributed by atoms with Gasteiger partial charge in [-0.05, 0) is 66.3 Å². The highest BCUT2D eigenvalue weighted by molar-refractivity contribution is 6.11. The minimum Gasteiger partial charge on any atom is -0.309 e. The molecule has 1 aliphatic rings. The molecule has 5 rings (SSSR count). The van der Waals surface area contributed by atoms with Crippen LogP contribution in [0, 0.1) is 0 Å². The maximum absolute atomic E-state index is 4.44. The van der Waals surface area contributed by atoms with Crippen molar-refractivity contribution in [1.29, 1.82) is 0 Å². The van der Waals surface area contributed by atoms with Gasteiger partial charge in [0.1, 0.15) is 0 Å². The second kappa shape index (κ2) is 9.30. The van der Waals surface area contributed by atoms with E-state index in [2.05, 4.69) is 121 Å². The van der Waals surface area contributed by atoms with Crippen LogP contribution in [0.2, 0.25) is 0 Å². The van der Waals surface area contributed by atoms with Crippen LogP contribution in [0.15, 0.2) is 121 Å². The van der Waals surface area contributed by atoms with E-state index in [1.165, 1.54) is 49.8 Å². The maximum atomic E-state index is 4.44. The van der Waals surface area contributed by atoms with Crippen LogP contribution in [-0.2, 0) is 0 Å². The van der Waals surface area contributed by atoms with E-state index >= 15 is 0 Å². The molecule has 2 aromatic heterocycles. The molecule has 2 heteroatoms. The van der Waals surface area contributed by atoms with Gasteiger partial charge in [0, 0.05) is 28.9 Å². The predicted molar refractivity (Wildman–Crippen MR) is 142 cm³/mol. The zero-order valence-electron chi connectivity index (χ0n) is 19.2. The summed E-state index contributed by atoms with van der Waals surface area (Å²) in [6, 6.07) is 19.4. The van der Waals surface area contributed by atoms with Gasteiger partial charge < -0.3 is 4.57 Å². The maximum Gasteiger partial charge on any atom is 0.0571 e. The first kappa shape index (κ1) is 21.0. The van der Waals surface area contributed by atoms with Gasteiger partial charge in [0.2, 0.25) is 0 Å². The van der Waals surface area contributed by atoms with E-state index in [1.54, 1.807) is 0 Å². The van der Waals surface area contributed by atoms with E-state index < -0.39 is 0 Å². The normalized spacial score (nSPS) is 14.7. The fourth-order valence-corrected chi connectivity index (χ4v) is 4.56. The summed E-state index contributed by atoms with van der Waals surface area (Å²) in [4.78, 5) is 4.44. The van der Waals surface area contributed by atoms with Gasteiger partial charge >= 0.3 is 0 Å². The molecule has 0 saturated heterocycles. The largest absolute Gasteiger partial charge is 0.309 e. The van der Waals surface area contributed by atoms with Crippen molar-refractivity contribution in [3.8, 4) is 11.1 Å². The predicted octanol–water partition coefficient (Wildman–Crippen LogP) is 8.50. The van der Waals surface area contributed by atoms with Crippen molar-refractivity contribution in [3.63, 3.8) is 0 Å². The zero-order valence-corrected chi connectivity index (χ0v) is 19.2. The van der Waals surface area contributed by atoms with Crippen LogP contribution in [0.4, 0.5) is 0 Å². The van der Waals surface area contributed by atoms with Gasteiger partial charge in [-0.25, -0.2) is 0 Å². The molecule has 1 aliphatic carbocycles. The third-order valence-corrected chi connectivity index (χ3v) is 6.21. The zero-order chi connectivity index (χ0) is 22.6. The number of rotatable bonds is 5. The molecule has 0 fully saturated rings. The van der Waals surface area contributed by atoms with E-state index in [1.807, 2.05) is 12.4 Å². The molecule has 0 N–H and O–H groups in total. The summed E-state index contributed by atoms with van der Waals surface area (Å²) >= 11 is 0. The Labute approximate surface area is 195 Å². The summed E-state index contributed by atoms with van der Waals surface area (Å²) in [5, 5.41) is 2.41. The SMILES string of the molecule is C/C=C(\C=C/CC)C1=CCC=C(n2c3ccncc3c3cc(-c4ccccc4)ccc32)C=C1. The van der Waals surface area contributed by atoms with E-state index in [0.29, 0.717) is 0 Å². The quantitative estimate of drug-likeness (QED) is 0.291. The molecule has 33 heavy (non-hydrogen) atoms. The molecular weight excluding hydrogens is 400 g/mol. The molecule has 0 bridgehead atoms. The number of hydrogen-bond donors (Lipinski definition) is 0. The highest BCUT2D eigenvalue weighted by atomic mass is 15.0. The van der Waals surface area contributed by atoms with Crippen LogP contribution in [0.3, 0.4) is 0 Å². The Balaban J connectivity index is 1.62. The molecule has 162 valence electrons. The Morgan fingerprint density at radius 1 is 0.939 bits per heavy atom. The first-order valence-electron chi connectivity index (χ1n) is 11.7. The van der Waals surface area contributed by atoms with Crippen molar-refractivity contribution in [3.05, 3.63) is 121 Å². The standard InChI is InChI=1S/C31H28N2/c1-3-5-10-23(4-2)25-13-9-14-27(17-15-25)33-30-18-16-26(24-11-7-6-8-12-24)21-28(30)29-22-32-20-19-31(29)33/h4-8,10-22H,3,9H2,1-2H3/b10-5-,23-4+. The highest BCUT2D eigenvalue weighted by Gasteiger charge is 2.14. The van der Waals surface area contributed by atoms with Crippen molar-refractivity contribution in [2.75, 3.05) is 0 Å². The summed E-state index contributed by atoms with van der Waals surface area (Å²) in [7, 11) is 0. The number of pyridine rings is 1. The third kappa shape index (κ3) is 4.01.